The van der Waals surface area contributed by atoms with Gasteiger partial charge in [-0.15, -0.1) is 0 Å². The summed E-state index contributed by atoms with van der Waals surface area (Å²) in [7, 11) is 0. The smallest absolute Gasteiger partial charge is 0.271 e. The molecule has 18 heavy (non-hydrogen) atoms. The lowest BCUT2D eigenvalue weighted by molar-refractivity contribution is 0.0925. The summed E-state index contributed by atoms with van der Waals surface area (Å²) >= 11 is 23.3. The molecule has 0 saturated carbocycles. The van der Waals surface area contributed by atoms with Gasteiger partial charge < -0.3 is 5.32 Å². The van der Waals surface area contributed by atoms with Gasteiger partial charge in [-0.05, 0) is 12.8 Å². The van der Waals surface area contributed by atoms with Crippen molar-refractivity contribution in [3.63, 3.8) is 0 Å². The van der Waals surface area contributed by atoms with E-state index in [4.69, 9.17) is 46.4 Å². The maximum atomic E-state index is 12.0. The molecule has 0 fully saturated rings. The minimum Gasteiger partial charge on any atom is -0.348 e. The summed E-state index contributed by atoms with van der Waals surface area (Å²) in [6.07, 6.45) is 0. The zero-order valence-electron chi connectivity index (χ0n) is 10.0. The minimum absolute atomic E-state index is 0.000442. The first-order valence-electron chi connectivity index (χ1n) is 5.26. The van der Waals surface area contributed by atoms with E-state index in [1.54, 1.807) is 0 Å². The number of rotatable bonds is 3. The van der Waals surface area contributed by atoms with Crippen LogP contribution in [0.4, 0.5) is 0 Å². The van der Waals surface area contributed by atoms with Crippen LogP contribution >= 0.6 is 46.4 Å². The van der Waals surface area contributed by atoms with Crippen molar-refractivity contribution in [2.45, 2.75) is 26.8 Å². The molecule has 0 aliphatic carbocycles. The minimum atomic E-state index is -0.429. The average Bonchev–Trinajstić information content (AvgIpc) is 2.30. The molecular formula is C11H12Cl4N2O. The molecule has 1 aromatic rings. The van der Waals surface area contributed by atoms with Gasteiger partial charge in [-0.2, -0.15) is 0 Å². The molecule has 1 unspecified atom stereocenters. The van der Waals surface area contributed by atoms with E-state index in [-0.39, 0.29) is 37.9 Å². The number of pyridine rings is 1. The molecule has 0 bridgehead atoms. The van der Waals surface area contributed by atoms with E-state index in [1.165, 1.54) is 0 Å². The molecule has 3 nitrogen and oxygen atoms in total. The highest BCUT2D eigenvalue weighted by Crippen LogP contribution is 2.36. The van der Waals surface area contributed by atoms with Crippen molar-refractivity contribution >= 4 is 52.3 Å². The molecule has 0 spiro atoms. The van der Waals surface area contributed by atoms with Gasteiger partial charge in [-0.1, -0.05) is 60.3 Å². The van der Waals surface area contributed by atoms with Gasteiger partial charge in [0.1, 0.15) is 10.8 Å². The molecule has 0 saturated heterocycles. The van der Waals surface area contributed by atoms with Crippen LogP contribution in [0.3, 0.4) is 0 Å². The number of halogens is 4. The first kappa shape index (κ1) is 15.8. The zero-order chi connectivity index (χ0) is 14.0. The lowest BCUT2D eigenvalue weighted by Crippen LogP contribution is -2.36. The van der Waals surface area contributed by atoms with Gasteiger partial charge in [-0.3, -0.25) is 4.79 Å². The molecule has 1 aromatic heterocycles. The maximum Gasteiger partial charge on any atom is 0.271 e. The van der Waals surface area contributed by atoms with E-state index in [0.29, 0.717) is 0 Å². The fourth-order valence-electron chi connectivity index (χ4n) is 1.08. The number of hydrogen-bond acceptors (Lipinski definition) is 2. The van der Waals surface area contributed by atoms with Gasteiger partial charge in [-0.25, -0.2) is 4.98 Å². The van der Waals surface area contributed by atoms with Gasteiger partial charge in [0.05, 0.1) is 15.1 Å². The summed E-state index contributed by atoms with van der Waals surface area (Å²) in [4.78, 5) is 15.8. The van der Waals surface area contributed by atoms with Crippen LogP contribution < -0.4 is 5.32 Å². The Balaban J connectivity index is 3.07. The van der Waals surface area contributed by atoms with E-state index in [0.717, 1.165) is 0 Å². The standard InChI is InChI=1S/C11H12Cl4N2O/c1-4(2)5(3)16-11(18)9-7(13)6(12)8(14)10(15)17-9/h4-5H,1-3H3,(H,16,18). The molecule has 1 heterocycles. The summed E-state index contributed by atoms with van der Waals surface area (Å²) in [5, 5.41) is 2.78. The summed E-state index contributed by atoms with van der Waals surface area (Å²) < 4.78 is 0. The normalized spacial score (nSPS) is 12.7. The molecule has 100 valence electrons. The summed E-state index contributed by atoms with van der Waals surface area (Å²) in [6.45, 7) is 5.86. The fraction of sp³-hybridized carbons (Fsp3) is 0.455. The highest BCUT2D eigenvalue weighted by atomic mass is 35.5. The summed E-state index contributed by atoms with van der Waals surface area (Å²) in [5.41, 5.74) is -0.0245. The molecule has 1 amide bonds. The third-order valence-corrected chi connectivity index (χ3v) is 4.24. The van der Waals surface area contributed by atoms with Gasteiger partial charge in [0.25, 0.3) is 5.91 Å². The first-order chi connectivity index (χ1) is 8.25. The number of carbonyl (C=O) groups is 1. The van der Waals surface area contributed by atoms with Crippen LogP contribution in [0, 0.1) is 5.92 Å². The number of hydrogen-bond donors (Lipinski definition) is 1. The Morgan fingerprint density at radius 2 is 1.61 bits per heavy atom. The predicted octanol–water partition coefficient (Wildman–Crippen LogP) is 4.47. The van der Waals surface area contributed by atoms with Crippen molar-refractivity contribution in [1.29, 1.82) is 0 Å². The van der Waals surface area contributed by atoms with Crippen LogP contribution in [0.15, 0.2) is 0 Å². The van der Waals surface area contributed by atoms with Crippen LogP contribution in [0.5, 0.6) is 0 Å². The monoisotopic (exact) mass is 328 g/mol. The Kier molecular flexibility index (Phi) is 5.53. The van der Waals surface area contributed by atoms with Crippen molar-refractivity contribution in [1.82, 2.24) is 10.3 Å². The zero-order valence-corrected chi connectivity index (χ0v) is 13.0. The van der Waals surface area contributed by atoms with Crippen molar-refractivity contribution < 1.29 is 4.79 Å². The quantitative estimate of drug-likeness (QED) is 0.831. The number of aromatic nitrogens is 1. The highest BCUT2D eigenvalue weighted by molar-refractivity contribution is 6.52. The van der Waals surface area contributed by atoms with Crippen molar-refractivity contribution in [3.05, 3.63) is 25.9 Å². The predicted molar refractivity (Wildman–Crippen MR) is 76.0 cm³/mol. The Morgan fingerprint density at radius 1 is 1.06 bits per heavy atom. The van der Waals surface area contributed by atoms with E-state index >= 15 is 0 Å². The van der Waals surface area contributed by atoms with Gasteiger partial charge >= 0.3 is 0 Å². The second-order valence-electron chi connectivity index (χ2n) is 4.20. The molecule has 0 aliphatic rings. The van der Waals surface area contributed by atoms with Crippen LogP contribution in [-0.4, -0.2) is 16.9 Å². The van der Waals surface area contributed by atoms with E-state index in [2.05, 4.69) is 10.3 Å². The molecule has 1 rings (SSSR count). The molecule has 1 N–H and O–H groups in total. The molecule has 0 aliphatic heterocycles. The maximum absolute atomic E-state index is 12.0. The second-order valence-corrected chi connectivity index (χ2v) is 5.69. The fourth-order valence-corrected chi connectivity index (χ4v) is 1.89. The SMILES string of the molecule is CC(C)C(C)NC(=O)c1nc(Cl)c(Cl)c(Cl)c1Cl. The van der Waals surface area contributed by atoms with E-state index in [9.17, 15) is 4.79 Å². The van der Waals surface area contributed by atoms with E-state index in [1.807, 2.05) is 20.8 Å². The number of nitrogens with zero attached hydrogens (tertiary/aromatic N) is 1. The van der Waals surface area contributed by atoms with Crippen LogP contribution in [0.1, 0.15) is 31.3 Å². The largest absolute Gasteiger partial charge is 0.348 e. The Labute approximate surface area is 126 Å². The second kappa shape index (κ2) is 6.29. The third kappa shape index (κ3) is 3.41. The van der Waals surface area contributed by atoms with Gasteiger partial charge in [0.2, 0.25) is 0 Å². The van der Waals surface area contributed by atoms with E-state index < -0.39 is 5.91 Å². The summed E-state index contributed by atoms with van der Waals surface area (Å²) in [6, 6.07) is -0.0244. The third-order valence-electron chi connectivity index (χ3n) is 2.56. The highest BCUT2D eigenvalue weighted by Gasteiger charge is 2.21. The molecular weight excluding hydrogens is 318 g/mol. The van der Waals surface area contributed by atoms with Crippen LogP contribution in [-0.2, 0) is 0 Å². The number of amides is 1. The van der Waals surface area contributed by atoms with Crippen molar-refractivity contribution in [2.24, 2.45) is 5.92 Å². The Hall–Kier alpha value is -0.220. The first-order valence-corrected chi connectivity index (χ1v) is 6.77. The molecule has 7 heteroatoms. The van der Waals surface area contributed by atoms with Crippen LogP contribution in [0.25, 0.3) is 0 Å². The van der Waals surface area contributed by atoms with Gasteiger partial charge in [0, 0.05) is 6.04 Å². The number of carbonyl (C=O) groups excluding carboxylic acids is 1. The Morgan fingerprint density at radius 3 is 2.11 bits per heavy atom. The number of nitrogens with one attached hydrogen (secondary N) is 1. The topological polar surface area (TPSA) is 42.0 Å². The average molecular weight is 330 g/mol. The van der Waals surface area contributed by atoms with Gasteiger partial charge in [0.15, 0.2) is 0 Å². The van der Waals surface area contributed by atoms with Crippen molar-refractivity contribution in [2.75, 3.05) is 0 Å². The Bertz CT molecular complexity index is 477. The summed E-state index contributed by atoms with van der Waals surface area (Å²) in [5.74, 6) is -0.146. The molecule has 0 aromatic carbocycles. The lowest BCUT2D eigenvalue weighted by atomic mass is 10.1. The molecule has 0 radical (unpaired) electrons. The van der Waals surface area contributed by atoms with Crippen LogP contribution in [0.2, 0.25) is 20.2 Å². The molecule has 1 atom stereocenters. The van der Waals surface area contributed by atoms with Crippen molar-refractivity contribution in [3.8, 4) is 0 Å². The lowest BCUT2D eigenvalue weighted by Gasteiger charge is -2.17.